The highest BCUT2D eigenvalue weighted by molar-refractivity contribution is 6.00. The maximum atomic E-state index is 12.4. The predicted molar refractivity (Wildman–Crippen MR) is 83.9 cm³/mol. The molecular weight excluding hydrogens is 262 g/mol. The largest absolute Gasteiger partial charge is 0.396 e. The summed E-state index contributed by atoms with van der Waals surface area (Å²) in [7, 11) is 2.01. The van der Waals surface area contributed by atoms with Gasteiger partial charge in [-0.05, 0) is 68.5 Å². The number of allylic oxidation sites excluding steroid dienone is 2. The number of carbonyl (C=O) groups excluding carboxylic acids is 1. The van der Waals surface area contributed by atoms with Crippen molar-refractivity contribution < 1.29 is 9.90 Å². The molecule has 3 aliphatic carbocycles. The summed E-state index contributed by atoms with van der Waals surface area (Å²) in [6.07, 6.45) is 4.01. The summed E-state index contributed by atoms with van der Waals surface area (Å²) in [4.78, 5) is 12.4. The first-order chi connectivity index (χ1) is 9.92. The third kappa shape index (κ3) is 1.71. The Kier molecular flexibility index (Phi) is 3.57. The molecule has 0 aromatic carbocycles. The summed E-state index contributed by atoms with van der Waals surface area (Å²) in [6, 6.07) is 0. The van der Waals surface area contributed by atoms with Gasteiger partial charge in [0.1, 0.15) is 0 Å². The van der Waals surface area contributed by atoms with E-state index < -0.39 is 0 Å². The minimum Gasteiger partial charge on any atom is -0.396 e. The minimum absolute atomic E-state index is 0.0152. The molecule has 1 spiro atoms. The Hall–Kier alpha value is -0.670. The normalized spacial score (nSPS) is 45.4. The van der Waals surface area contributed by atoms with Crippen LogP contribution in [0.25, 0.3) is 0 Å². The van der Waals surface area contributed by atoms with Gasteiger partial charge in [0.15, 0.2) is 5.78 Å². The first kappa shape index (κ1) is 15.2. The van der Waals surface area contributed by atoms with Gasteiger partial charge in [-0.1, -0.05) is 19.4 Å². The Bertz CT molecular complexity index is 497. The maximum Gasteiger partial charge on any atom is 0.159 e. The molecule has 2 bridgehead atoms. The lowest BCUT2D eigenvalue weighted by Crippen LogP contribution is -2.52. The zero-order valence-corrected chi connectivity index (χ0v) is 13.8. The molecule has 5 unspecified atom stereocenters. The fourth-order valence-electron chi connectivity index (χ4n) is 6.03. The summed E-state index contributed by atoms with van der Waals surface area (Å²) in [5, 5.41) is 13.1. The topological polar surface area (TPSA) is 49.3 Å². The number of rotatable bonds is 4. The van der Waals surface area contributed by atoms with E-state index in [2.05, 4.69) is 19.2 Å². The average molecular weight is 291 g/mol. The van der Waals surface area contributed by atoms with Crippen LogP contribution in [0.5, 0.6) is 0 Å². The highest BCUT2D eigenvalue weighted by Gasteiger charge is 2.68. The zero-order chi connectivity index (χ0) is 15.4. The van der Waals surface area contributed by atoms with E-state index in [0.29, 0.717) is 30.0 Å². The van der Waals surface area contributed by atoms with E-state index in [9.17, 15) is 9.90 Å². The molecule has 0 aromatic heterocycles. The molecule has 0 radical (unpaired) electrons. The van der Waals surface area contributed by atoms with Crippen LogP contribution in [0.3, 0.4) is 0 Å². The van der Waals surface area contributed by atoms with Crippen molar-refractivity contribution >= 4 is 5.78 Å². The molecule has 0 amide bonds. The lowest BCUT2D eigenvalue weighted by atomic mass is 9.48. The standard InChI is InChI=1S/C18H29NO2/c1-11-15-8-14-7-13(10-20)12(2)18(15,9-16(11)21)17(14,3)5-6-19-4/h12-14,19-20H,5-10H2,1-4H3. The van der Waals surface area contributed by atoms with Crippen LogP contribution in [0, 0.1) is 28.6 Å². The molecule has 3 nitrogen and oxygen atoms in total. The number of carbonyl (C=O) groups is 1. The first-order valence-electron chi connectivity index (χ1n) is 8.41. The summed E-state index contributed by atoms with van der Waals surface area (Å²) in [5.74, 6) is 1.73. The van der Waals surface area contributed by atoms with Gasteiger partial charge >= 0.3 is 0 Å². The maximum absolute atomic E-state index is 12.4. The van der Waals surface area contributed by atoms with Crippen LogP contribution >= 0.6 is 0 Å². The Labute approximate surface area is 128 Å². The molecule has 5 atom stereocenters. The predicted octanol–water partition coefficient (Wildman–Crippen LogP) is 2.55. The van der Waals surface area contributed by atoms with Gasteiger partial charge in [-0.2, -0.15) is 0 Å². The van der Waals surface area contributed by atoms with E-state index in [0.717, 1.165) is 31.4 Å². The van der Waals surface area contributed by atoms with Crippen molar-refractivity contribution in [1.82, 2.24) is 5.32 Å². The smallest absolute Gasteiger partial charge is 0.159 e. The summed E-state index contributed by atoms with van der Waals surface area (Å²) in [5.41, 5.74) is 2.70. The van der Waals surface area contributed by atoms with Gasteiger partial charge in [-0.3, -0.25) is 4.79 Å². The lowest BCUT2D eigenvalue weighted by Gasteiger charge is -2.55. The third-order valence-corrected chi connectivity index (χ3v) is 7.42. The number of nitrogens with one attached hydrogen (secondary N) is 1. The number of Topliss-reactive ketones (excluding diaryl/α,β-unsaturated/α-hetero) is 1. The Morgan fingerprint density at radius 3 is 2.76 bits per heavy atom. The molecule has 3 heteroatoms. The highest BCUT2D eigenvalue weighted by Crippen LogP contribution is 2.74. The van der Waals surface area contributed by atoms with Crippen molar-refractivity contribution in [2.75, 3.05) is 20.2 Å². The van der Waals surface area contributed by atoms with Crippen molar-refractivity contribution in [3.05, 3.63) is 11.1 Å². The van der Waals surface area contributed by atoms with Crippen molar-refractivity contribution in [2.45, 2.75) is 46.5 Å². The lowest BCUT2D eigenvalue weighted by molar-refractivity contribution is -0.123. The van der Waals surface area contributed by atoms with Gasteiger partial charge in [0.05, 0.1) is 0 Å². The number of hydrogen-bond donors (Lipinski definition) is 2. The van der Waals surface area contributed by atoms with Gasteiger partial charge < -0.3 is 10.4 Å². The van der Waals surface area contributed by atoms with E-state index in [1.807, 2.05) is 14.0 Å². The van der Waals surface area contributed by atoms with Crippen LogP contribution in [-0.2, 0) is 4.79 Å². The van der Waals surface area contributed by atoms with Crippen LogP contribution < -0.4 is 5.32 Å². The van der Waals surface area contributed by atoms with Gasteiger partial charge in [0.2, 0.25) is 0 Å². The molecule has 2 saturated carbocycles. The molecule has 118 valence electrons. The van der Waals surface area contributed by atoms with Crippen molar-refractivity contribution in [3.8, 4) is 0 Å². The van der Waals surface area contributed by atoms with Gasteiger partial charge in [-0.15, -0.1) is 0 Å². The summed E-state index contributed by atoms with van der Waals surface area (Å²) < 4.78 is 0. The monoisotopic (exact) mass is 291 g/mol. The quantitative estimate of drug-likeness (QED) is 0.837. The SMILES string of the molecule is CNCCC1(C)C2CC3=C(C)C(=O)CC31C(C)C(CO)C2. The van der Waals surface area contributed by atoms with Crippen LogP contribution in [0.15, 0.2) is 11.1 Å². The fourth-order valence-corrected chi connectivity index (χ4v) is 6.03. The summed E-state index contributed by atoms with van der Waals surface area (Å²) >= 11 is 0. The Morgan fingerprint density at radius 2 is 2.14 bits per heavy atom. The molecule has 3 aliphatic rings. The van der Waals surface area contributed by atoms with Gasteiger partial charge in [0.25, 0.3) is 0 Å². The van der Waals surface area contributed by atoms with Crippen LogP contribution in [0.1, 0.15) is 46.5 Å². The molecule has 0 heterocycles. The molecule has 3 rings (SSSR count). The van der Waals surface area contributed by atoms with Crippen LogP contribution in [-0.4, -0.2) is 31.1 Å². The van der Waals surface area contributed by atoms with E-state index in [1.165, 1.54) is 5.57 Å². The minimum atomic E-state index is 0.0152. The average Bonchev–Trinajstić information content (AvgIpc) is 2.79. The number of ketones is 1. The molecule has 0 aromatic rings. The molecular formula is C18H29NO2. The molecule has 0 aliphatic heterocycles. The summed E-state index contributed by atoms with van der Waals surface area (Å²) in [6.45, 7) is 8.00. The molecule has 2 N–H and O–H groups in total. The van der Waals surface area contributed by atoms with Crippen LogP contribution in [0.2, 0.25) is 0 Å². The fraction of sp³-hybridized carbons (Fsp3) is 0.833. The third-order valence-electron chi connectivity index (χ3n) is 7.42. The number of hydrogen-bond acceptors (Lipinski definition) is 3. The second kappa shape index (κ2) is 4.92. The Morgan fingerprint density at radius 1 is 1.43 bits per heavy atom. The van der Waals surface area contributed by atoms with Crippen molar-refractivity contribution in [1.29, 1.82) is 0 Å². The van der Waals surface area contributed by atoms with E-state index in [-0.39, 0.29) is 17.4 Å². The number of fused-ring (bicyclic) bond motifs is 1. The molecule has 2 fully saturated rings. The highest BCUT2D eigenvalue weighted by atomic mass is 16.3. The van der Waals surface area contributed by atoms with Crippen molar-refractivity contribution in [3.63, 3.8) is 0 Å². The molecule has 0 saturated heterocycles. The van der Waals surface area contributed by atoms with Crippen molar-refractivity contribution in [2.24, 2.45) is 28.6 Å². The van der Waals surface area contributed by atoms with Crippen LogP contribution in [0.4, 0.5) is 0 Å². The second-order valence-electron chi connectivity index (χ2n) is 7.81. The van der Waals surface area contributed by atoms with Gasteiger partial charge in [-0.25, -0.2) is 0 Å². The number of aliphatic hydroxyl groups is 1. The Balaban J connectivity index is 2.11. The molecule has 21 heavy (non-hydrogen) atoms. The van der Waals surface area contributed by atoms with E-state index in [1.54, 1.807) is 0 Å². The van der Waals surface area contributed by atoms with E-state index >= 15 is 0 Å². The van der Waals surface area contributed by atoms with Gasteiger partial charge in [0, 0.05) is 18.4 Å². The van der Waals surface area contributed by atoms with E-state index in [4.69, 9.17) is 0 Å². The number of aliphatic hydroxyl groups excluding tert-OH is 1. The first-order valence-corrected chi connectivity index (χ1v) is 8.41. The second-order valence-corrected chi connectivity index (χ2v) is 7.81. The zero-order valence-electron chi connectivity index (χ0n) is 13.8.